The van der Waals surface area contributed by atoms with Crippen LogP contribution in [0, 0.1) is 13.8 Å². The van der Waals surface area contributed by atoms with Crippen molar-refractivity contribution in [2.75, 3.05) is 10.6 Å². The van der Waals surface area contributed by atoms with Gasteiger partial charge in [0.2, 0.25) is 10.0 Å². The molecular formula is C30H30N2O3S. The van der Waals surface area contributed by atoms with E-state index in [1.54, 1.807) is 24.3 Å². The van der Waals surface area contributed by atoms with Gasteiger partial charge in [0.1, 0.15) is 0 Å². The van der Waals surface area contributed by atoms with Gasteiger partial charge >= 0.3 is 0 Å². The second-order valence-corrected chi connectivity index (χ2v) is 10.9. The van der Waals surface area contributed by atoms with Crippen molar-refractivity contribution in [2.24, 2.45) is 0 Å². The Labute approximate surface area is 213 Å². The standard InChI is InChI=1S/C30H30N2O3S/c1-22-13-15-24(16-14-22)21-32(36(3,34)35)27-19-17-26(18-20-27)30(33)31-29(25-10-5-4-6-11-25)28-12-8-7-9-23(28)2/h4-20,29H,21H2,1-3H3,(H,31,33)/t29-/m0/s1. The number of anilines is 1. The number of nitrogens with one attached hydrogen (secondary N) is 1. The van der Waals surface area contributed by atoms with E-state index in [9.17, 15) is 13.2 Å². The van der Waals surface area contributed by atoms with Crippen LogP contribution >= 0.6 is 0 Å². The Morgan fingerprint density at radius 2 is 1.42 bits per heavy atom. The van der Waals surface area contributed by atoms with Crippen molar-refractivity contribution in [1.29, 1.82) is 0 Å². The first-order valence-corrected chi connectivity index (χ1v) is 13.6. The van der Waals surface area contributed by atoms with E-state index >= 15 is 0 Å². The number of benzene rings is 4. The summed E-state index contributed by atoms with van der Waals surface area (Å²) in [4.78, 5) is 13.3. The zero-order chi connectivity index (χ0) is 25.7. The number of rotatable bonds is 8. The Morgan fingerprint density at radius 3 is 2.03 bits per heavy atom. The highest BCUT2D eigenvalue weighted by Crippen LogP contribution is 2.26. The maximum Gasteiger partial charge on any atom is 0.252 e. The summed E-state index contributed by atoms with van der Waals surface area (Å²) < 4.78 is 26.5. The van der Waals surface area contributed by atoms with Crippen LogP contribution in [0.5, 0.6) is 0 Å². The number of nitrogens with zero attached hydrogens (tertiary/aromatic N) is 1. The van der Waals surface area contributed by atoms with Crippen LogP contribution in [0.2, 0.25) is 0 Å². The number of hydrogen-bond acceptors (Lipinski definition) is 3. The first kappa shape index (κ1) is 25.2. The third-order valence-corrected chi connectivity index (χ3v) is 7.31. The smallest absolute Gasteiger partial charge is 0.252 e. The zero-order valence-electron chi connectivity index (χ0n) is 20.7. The summed E-state index contributed by atoms with van der Waals surface area (Å²) in [5.74, 6) is -0.233. The maximum absolute atomic E-state index is 13.3. The number of carbonyl (C=O) groups excluding carboxylic acids is 1. The number of carbonyl (C=O) groups is 1. The second-order valence-electron chi connectivity index (χ2n) is 8.98. The summed E-state index contributed by atoms with van der Waals surface area (Å²) in [7, 11) is -3.52. The van der Waals surface area contributed by atoms with E-state index in [4.69, 9.17) is 0 Å². The van der Waals surface area contributed by atoms with Gasteiger partial charge in [0.25, 0.3) is 5.91 Å². The normalized spacial score (nSPS) is 12.1. The van der Waals surface area contributed by atoms with Gasteiger partial charge in [-0.05, 0) is 60.4 Å². The fraction of sp³-hybridized carbons (Fsp3) is 0.167. The monoisotopic (exact) mass is 498 g/mol. The molecule has 0 saturated heterocycles. The highest BCUT2D eigenvalue weighted by atomic mass is 32.2. The average molecular weight is 499 g/mol. The molecular weight excluding hydrogens is 468 g/mol. The van der Waals surface area contributed by atoms with Gasteiger partial charge in [-0.15, -0.1) is 0 Å². The minimum atomic E-state index is -3.52. The Kier molecular flexibility index (Phi) is 7.55. The topological polar surface area (TPSA) is 66.5 Å². The Bertz CT molecular complexity index is 1430. The molecule has 1 amide bonds. The second kappa shape index (κ2) is 10.8. The molecule has 0 heterocycles. The van der Waals surface area contributed by atoms with Crippen LogP contribution in [-0.4, -0.2) is 20.6 Å². The molecule has 1 atom stereocenters. The summed E-state index contributed by atoms with van der Waals surface area (Å²) in [6, 6.07) is 32.0. The lowest BCUT2D eigenvalue weighted by Crippen LogP contribution is -2.30. The van der Waals surface area contributed by atoms with Crippen molar-refractivity contribution >= 4 is 21.6 Å². The van der Waals surface area contributed by atoms with E-state index < -0.39 is 10.0 Å². The predicted molar refractivity (Wildman–Crippen MR) is 146 cm³/mol. The minimum Gasteiger partial charge on any atom is -0.341 e. The van der Waals surface area contributed by atoms with Crippen molar-refractivity contribution in [3.8, 4) is 0 Å². The molecule has 0 bridgehead atoms. The Hall–Kier alpha value is -3.90. The molecule has 0 saturated carbocycles. The van der Waals surface area contributed by atoms with Gasteiger partial charge in [0.05, 0.1) is 24.5 Å². The van der Waals surface area contributed by atoms with Crippen LogP contribution in [0.25, 0.3) is 0 Å². The van der Waals surface area contributed by atoms with Crippen molar-refractivity contribution < 1.29 is 13.2 Å². The van der Waals surface area contributed by atoms with Gasteiger partial charge in [-0.2, -0.15) is 0 Å². The third-order valence-electron chi connectivity index (χ3n) is 6.17. The largest absolute Gasteiger partial charge is 0.341 e. The summed E-state index contributed by atoms with van der Waals surface area (Å²) in [5, 5.41) is 3.16. The number of hydrogen-bond donors (Lipinski definition) is 1. The average Bonchev–Trinajstić information content (AvgIpc) is 2.87. The van der Waals surface area contributed by atoms with Crippen LogP contribution < -0.4 is 9.62 Å². The third kappa shape index (κ3) is 6.01. The van der Waals surface area contributed by atoms with E-state index in [2.05, 4.69) is 5.32 Å². The fourth-order valence-electron chi connectivity index (χ4n) is 4.15. The predicted octanol–water partition coefficient (Wildman–Crippen LogP) is 5.79. The first-order valence-electron chi connectivity index (χ1n) is 11.8. The minimum absolute atomic E-state index is 0.216. The van der Waals surface area contributed by atoms with Crippen LogP contribution in [0.4, 0.5) is 5.69 Å². The van der Waals surface area contributed by atoms with E-state index in [1.165, 1.54) is 10.6 Å². The first-order chi connectivity index (χ1) is 17.2. The maximum atomic E-state index is 13.3. The van der Waals surface area contributed by atoms with Gasteiger partial charge in [-0.25, -0.2) is 8.42 Å². The summed E-state index contributed by atoms with van der Waals surface area (Å²) in [6.07, 6.45) is 1.19. The molecule has 184 valence electrons. The van der Waals surface area contributed by atoms with Gasteiger partial charge in [-0.3, -0.25) is 9.10 Å². The fourth-order valence-corrected chi connectivity index (χ4v) is 5.04. The molecule has 0 aliphatic carbocycles. The molecule has 0 spiro atoms. The summed E-state index contributed by atoms with van der Waals surface area (Å²) in [5.41, 5.74) is 6.05. The highest BCUT2D eigenvalue weighted by molar-refractivity contribution is 7.92. The Balaban J connectivity index is 1.58. The van der Waals surface area contributed by atoms with Crippen molar-refractivity contribution in [3.05, 3.63) is 137 Å². The molecule has 4 aromatic rings. The molecule has 5 nitrogen and oxygen atoms in total. The lowest BCUT2D eigenvalue weighted by Gasteiger charge is -2.24. The van der Waals surface area contributed by atoms with E-state index in [0.717, 1.165) is 27.8 Å². The molecule has 4 rings (SSSR count). The highest BCUT2D eigenvalue weighted by Gasteiger charge is 2.21. The van der Waals surface area contributed by atoms with Gasteiger partial charge < -0.3 is 5.32 Å². The SMILES string of the molecule is Cc1ccc(CN(c2ccc(C(=O)N[C@@H](c3ccccc3)c3ccccc3C)cc2)S(C)(=O)=O)cc1. The molecule has 0 aromatic heterocycles. The van der Waals surface area contributed by atoms with Crippen LogP contribution in [0.15, 0.2) is 103 Å². The van der Waals surface area contributed by atoms with E-state index in [0.29, 0.717) is 11.3 Å². The summed E-state index contributed by atoms with van der Waals surface area (Å²) in [6.45, 7) is 4.23. The van der Waals surface area contributed by atoms with E-state index in [-0.39, 0.29) is 18.5 Å². The van der Waals surface area contributed by atoms with E-state index in [1.807, 2.05) is 92.7 Å². The number of amides is 1. The molecule has 0 fully saturated rings. The van der Waals surface area contributed by atoms with Gasteiger partial charge in [0.15, 0.2) is 0 Å². The van der Waals surface area contributed by atoms with Crippen molar-refractivity contribution in [1.82, 2.24) is 5.32 Å². The van der Waals surface area contributed by atoms with Gasteiger partial charge in [-0.1, -0.05) is 84.4 Å². The number of sulfonamides is 1. The van der Waals surface area contributed by atoms with Crippen LogP contribution in [0.3, 0.4) is 0 Å². The van der Waals surface area contributed by atoms with Crippen molar-refractivity contribution in [2.45, 2.75) is 26.4 Å². The molecule has 36 heavy (non-hydrogen) atoms. The molecule has 0 radical (unpaired) electrons. The van der Waals surface area contributed by atoms with Gasteiger partial charge in [0, 0.05) is 5.56 Å². The molecule has 6 heteroatoms. The van der Waals surface area contributed by atoms with Crippen molar-refractivity contribution in [3.63, 3.8) is 0 Å². The Morgan fingerprint density at radius 1 is 0.806 bits per heavy atom. The summed E-state index contributed by atoms with van der Waals surface area (Å²) >= 11 is 0. The molecule has 0 aliphatic heterocycles. The molecule has 1 N–H and O–H groups in total. The lowest BCUT2D eigenvalue weighted by atomic mass is 9.94. The zero-order valence-corrected chi connectivity index (χ0v) is 21.5. The quantitative estimate of drug-likeness (QED) is 0.334. The molecule has 0 unspecified atom stereocenters. The lowest BCUT2D eigenvalue weighted by molar-refractivity contribution is 0.0943. The molecule has 4 aromatic carbocycles. The van der Waals surface area contributed by atoms with Crippen LogP contribution in [-0.2, 0) is 16.6 Å². The molecule has 0 aliphatic rings. The number of aryl methyl sites for hydroxylation is 2. The van der Waals surface area contributed by atoms with Crippen LogP contribution in [0.1, 0.15) is 44.2 Å².